The van der Waals surface area contributed by atoms with Crippen molar-refractivity contribution in [1.82, 2.24) is 5.32 Å². The van der Waals surface area contributed by atoms with Crippen LogP contribution in [0.5, 0.6) is 0 Å². The molecule has 0 spiro atoms. The van der Waals surface area contributed by atoms with E-state index in [-0.39, 0.29) is 17.5 Å². The largest absolute Gasteiger partial charge is 0.481 e. The van der Waals surface area contributed by atoms with Crippen molar-refractivity contribution in [3.63, 3.8) is 0 Å². The van der Waals surface area contributed by atoms with Crippen molar-refractivity contribution in [3.8, 4) is 0 Å². The van der Waals surface area contributed by atoms with Gasteiger partial charge < -0.3 is 10.4 Å². The summed E-state index contributed by atoms with van der Waals surface area (Å²) >= 11 is 0. The minimum absolute atomic E-state index is 0.0581. The Hall–Kier alpha value is -0.570. The summed E-state index contributed by atoms with van der Waals surface area (Å²) in [6.07, 6.45) is 3.60. The van der Waals surface area contributed by atoms with Crippen molar-refractivity contribution in [2.24, 2.45) is 5.92 Å². The van der Waals surface area contributed by atoms with Gasteiger partial charge in [-0.2, -0.15) is 0 Å². The molecule has 2 atom stereocenters. The summed E-state index contributed by atoms with van der Waals surface area (Å²) in [4.78, 5) is 10.7. The highest BCUT2D eigenvalue weighted by atomic mass is 16.4. The van der Waals surface area contributed by atoms with Gasteiger partial charge in [0.15, 0.2) is 0 Å². The summed E-state index contributed by atoms with van der Waals surface area (Å²) < 4.78 is 0. The highest BCUT2D eigenvalue weighted by molar-refractivity contribution is 5.70. The zero-order valence-corrected chi connectivity index (χ0v) is 8.63. The normalized spacial score (nSPS) is 24.5. The molecule has 0 bridgehead atoms. The molecule has 0 radical (unpaired) electrons. The molecule has 1 rings (SSSR count). The summed E-state index contributed by atoms with van der Waals surface area (Å²) in [5.41, 5.74) is 0.198. The molecule has 3 nitrogen and oxygen atoms in total. The predicted octanol–water partition coefficient (Wildman–Crippen LogP) is 1.63. The number of carbonyl (C=O) groups is 1. The summed E-state index contributed by atoms with van der Waals surface area (Å²) in [6, 6.07) is 0.0581. The second kappa shape index (κ2) is 3.66. The molecular formula is C10H19NO2. The molecule has 2 unspecified atom stereocenters. The molecule has 0 aromatic heterocycles. The first-order chi connectivity index (χ1) is 5.94. The standard InChI is InChI=1S/C10H19NO2/c1-7(9(12)13)8(2)11-10(3)5-4-6-10/h7-8,11H,4-6H2,1-3H3,(H,12,13). The summed E-state index contributed by atoms with van der Waals surface area (Å²) in [7, 11) is 0. The molecule has 76 valence electrons. The van der Waals surface area contributed by atoms with Crippen LogP contribution in [0.3, 0.4) is 0 Å². The topological polar surface area (TPSA) is 49.3 Å². The van der Waals surface area contributed by atoms with E-state index in [1.807, 2.05) is 6.92 Å². The Morgan fingerprint density at radius 1 is 1.46 bits per heavy atom. The van der Waals surface area contributed by atoms with Crippen LogP contribution in [0.15, 0.2) is 0 Å². The van der Waals surface area contributed by atoms with Gasteiger partial charge in [0.05, 0.1) is 5.92 Å². The quantitative estimate of drug-likeness (QED) is 0.700. The molecule has 0 aliphatic heterocycles. The molecule has 0 amide bonds. The van der Waals surface area contributed by atoms with Gasteiger partial charge in [-0.3, -0.25) is 4.79 Å². The zero-order chi connectivity index (χ0) is 10.1. The van der Waals surface area contributed by atoms with Gasteiger partial charge >= 0.3 is 5.97 Å². The highest BCUT2D eigenvalue weighted by Crippen LogP contribution is 2.31. The number of hydrogen-bond donors (Lipinski definition) is 2. The number of rotatable bonds is 4. The minimum atomic E-state index is -0.720. The maximum atomic E-state index is 10.7. The lowest BCUT2D eigenvalue weighted by atomic mass is 9.77. The zero-order valence-electron chi connectivity index (χ0n) is 8.63. The third-order valence-corrected chi connectivity index (χ3v) is 3.17. The number of nitrogens with one attached hydrogen (secondary N) is 1. The molecular weight excluding hydrogens is 166 g/mol. The number of carboxylic acids is 1. The molecule has 0 heterocycles. The van der Waals surface area contributed by atoms with Gasteiger partial charge in [0, 0.05) is 11.6 Å². The van der Waals surface area contributed by atoms with Crippen molar-refractivity contribution in [2.45, 2.75) is 51.6 Å². The van der Waals surface area contributed by atoms with Crippen molar-refractivity contribution in [2.75, 3.05) is 0 Å². The van der Waals surface area contributed by atoms with E-state index >= 15 is 0 Å². The van der Waals surface area contributed by atoms with Crippen LogP contribution in [-0.2, 0) is 4.79 Å². The molecule has 3 heteroatoms. The average Bonchev–Trinajstić information content (AvgIpc) is 1.99. The van der Waals surface area contributed by atoms with E-state index in [1.165, 1.54) is 19.3 Å². The Morgan fingerprint density at radius 3 is 2.31 bits per heavy atom. The summed E-state index contributed by atoms with van der Waals surface area (Å²) in [5.74, 6) is -1.03. The summed E-state index contributed by atoms with van der Waals surface area (Å²) in [6.45, 7) is 5.87. The second-order valence-electron chi connectivity index (χ2n) is 4.47. The van der Waals surface area contributed by atoms with Crippen LogP contribution in [0.25, 0.3) is 0 Å². The van der Waals surface area contributed by atoms with Gasteiger partial charge in [-0.15, -0.1) is 0 Å². The number of hydrogen-bond acceptors (Lipinski definition) is 2. The predicted molar refractivity (Wildman–Crippen MR) is 51.7 cm³/mol. The molecule has 1 saturated carbocycles. The molecule has 1 aliphatic carbocycles. The Labute approximate surface area is 79.5 Å². The van der Waals surface area contributed by atoms with Crippen LogP contribution in [0.4, 0.5) is 0 Å². The highest BCUT2D eigenvalue weighted by Gasteiger charge is 2.34. The van der Waals surface area contributed by atoms with Crippen LogP contribution in [0.1, 0.15) is 40.0 Å². The van der Waals surface area contributed by atoms with Gasteiger partial charge in [0.2, 0.25) is 0 Å². The lowest BCUT2D eigenvalue weighted by molar-refractivity contribution is -0.142. The molecule has 1 fully saturated rings. The van der Waals surface area contributed by atoms with Crippen molar-refractivity contribution in [3.05, 3.63) is 0 Å². The van der Waals surface area contributed by atoms with E-state index in [0.29, 0.717) is 0 Å². The van der Waals surface area contributed by atoms with Crippen molar-refractivity contribution in [1.29, 1.82) is 0 Å². The van der Waals surface area contributed by atoms with Crippen LogP contribution in [-0.4, -0.2) is 22.7 Å². The van der Waals surface area contributed by atoms with E-state index in [9.17, 15) is 4.79 Å². The van der Waals surface area contributed by atoms with E-state index in [4.69, 9.17) is 5.11 Å². The fraction of sp³-hybridized carbons (Fsp3) is 0.900. The van der Waals surface area contributed by atoms with E-state index in [0.717, 1.165) is 0 Å². The Bertz CT molecular complexity index is 199. The molecule has 2 N–H and O–H groups in total. The first kappa shape index (κ1) is 10.5. The van der Waals surface area contributed by atoms with E-state index in [2.05, 4.69) is 12.2 Å². The molecule has 0 saturated heterocycles. The summed E-state index contributed by atoms with van der Waals surface area (Å²) in [5, 5.41) is 12.2. The van der Waals surface area contributed by atoms with Gasteiger partial charge in [-0.05, 0) is 33.1 Å². The van der Waals surface area contributed by atoms with Crippen LogP contribution in [0, 0.1) is 5.92 Å². The Balaban J connectivity index is 2.39. The Kier molecular flexibility index (Phi) is 2.96. The molecule has 0 aromatic rings. The van der Waals surface area contributed by atoms with E-state index in [1.54, 1.807) is 6.92 Å². The van der Waals surface area contributed by atoms with Crippen molar-refractivity contribution >= 4 is 5.97 Å². The van der Waals surface area contributed by atoms with Gasteiger partial charge in [0.25, 0.3) is 0 Å². The average molecular weight is 185 g/mol. The van der Waals surface area contributed by atoms with Crippen LogP contribution in [0.2, 0.25) is 0 Å². The van der Waals surface area contributed by atoms with Gasteiger partial charge in [0.1, 0.15) is 0 Å². The molecule has 1 aliphatic rings. The maximum Gasteiger partial charge on any atom is 0.307 e. The SMILES string of the molecule is CC(NC1(C)CCC1)C(C)C(=O)O. The minimum Gasteiger partial charge on any atom is -0.481 e. The second-order valence-corrected chi connectivity index (χ2v) is 4.47. The number of aliphatic carboxylic acids is 1. The number of carboxylic acid groups (broad SMARTS) is 1. The molecule has 0 aromatic carbocycles. The van der Waals surface area contributed by atoms with E-state index < -0.39 is 5.97 Å². The Morgan fingerprint density at radius 2 is 2.00 bits per heavy atom. The maximum absolute atomic E-state index is 10.7. The van der Waals surface area contributed by atoms with Crippen LogP contribution >= 0.6 is 0 Å². The monoisotopic (exact) mass is 185 g/mol. The lowest BCUT2D eigenvalue weighted by Crippen LogP contribution is -2.54. The smallest absolute Gasteiger partial charge is 0.307 e. The van der Waals surface area contributed by atoms with Gasteiger partial charge in [-0.25, -0.2) is 0 Å². The van der Waals surface area contributed by atoms with Crippen LogP contribution < -0.4 is 5.32 Å². The fourth-order valence-electron chi connectivity index (χ4n) is 1.74. The molecule has 13 heavy (non-hydrogen) atoms. The first-order valence-electron chi connectivity index (χ1n) is 4.95. The first-order valence-corrected chi connectivity index (χ1v) is 4.95. The third kappa shape index (κ3) is 2.44. The van der Waals surface area contributed by atoms with Gasteiger partial charge in [-0.1, -0.05) is 6.92 Å². The van der Waals surface area contributed by atoms with Crippen molar-refractivity contribution < 1.29 is 9.90 Å². The fourth-order valence-corrected chi connectivity index (χ4v) is 1.74. The lowest BCUT2D eigenvalue weighted by Gasteiger charge is -2.42. The third-order valence-electron chi connectivity index (χ3n) is 3.17.